The van der Waals surface area contributed by atoms with Crippen molar-refractivity contribution in [3.63, 3.8) is 0 Å². The van der Waals surface area contributed by atoms with E-state index in [0.29, 0.717) is 12.5 Å². The highest BCUT2D eigenvalue weighted by Gasteiger charge is 2.28. The molecule has 0 spiro atoms. The van der Waals surface area contributed by atoms with Crippen molar-refractivity contribution in [2.75, 3.05) is 18.0 Å². The predicted octanol–water partition coefficient (Wildman–Crippen LogP) is 2.87. The van der Waals surface area contributed by atoms with E-state index < -0.39 is 0 Å². The van der Waals surface area contributed by atoms with Crippen LogP contribution in [-0.2, 0) is 4.79 Å². The molecule has 1 aliphatic rings. The van der Waals surface area contributed by atoms with E-state index in [1.807, 2.05) is 23.1 Å². The SMILES string of the molecule is Cc1ccccc1N(CCCN)C(=O)C1CCCC1. The van der Waals surface area contributed by atoms with E-state index in [1.54, 1.807) is 0 Å². The third-order valence-electron chi connectivity index (χ3n) is 3.96. The van der Waals surface area contributed by atoms with Crippen LogP contribution in [0.15, 0.2) is 24.3 Å². The van der Waals surface area contributed by atoms with Crippen molar-refractivity contribution in [1.82, 2.24) is 0 Å². The predicted molar refractivity (Wildman–Crippen MR) is 79.2 cm³/mol. The molecule has 0 saturated heterocycles. The highest BCUT2D eigenvalue weighted by atomic mass is 16.2. The summed E-state index contributed by atoms with van der Waals surface area (Å²) >= 11 is 0. The Morgan fingerprint density at radius 2 is 2.00 bits per heavy atom. The molecule has 0 aromatic heterocycles. The summed E-state index contributed by atoms with van der Waals surface area (Å²) in [5.41, 5.74) is 7.82. The highest BCUT2D eigenvalue weighted by molar-refractivity contribution is 5.95. The van der Waals surface area contributed by atoms with E-state index in [4.69, 9.17) is 5.73 Å². The van der Waals surface area contributed by atoms with Gasteiger partial charge >= 0.3 is 0 Å². The molecule has 2 N–H and O–H groups in total. The van der Waals surface area contributed by atoms with Crippen molar-refractivity contribution in [3.05, 3.63) is 29.8 Å². The summed E-state index contributed by atoms with van der Waals surface area (Å²) in [5, 5.41) is 0. The molecule has 1 aromatic rings. The first-order valence-corrected chi connectivity index (χ1v) is 7.31. The second-order valence-corrected chi connectivity index (χ2v) is 5.40. The number of hydrogen-bond acceptors (Lipinski definition) is 2. The fraction of sp³-hybridized carbons (Fsp3) is 0.562. The van der Waals surface area contributed by atoms with Crippen LogP contribution in [0.5, 0.6) is 0 Å². The maximum atomic E-state index is 12.7. The number of hydrogen-bond donors (Lipinski definition) is 1. The number of nitrogens with two attached hydrogens (primary N) is 1. The second-order valence-electron chi connectivity index (χ2n) is 5.40. The maximum Gasteiger partial charge on any atom is 0.230 e. The van der Waals surface area contributed by atoms with Gasteiger partial charge in [0.1, 0.15) is 0 Å². The summed E-state index contributed by atoms with van der Waals surface area (Å²) < 4.78 is 0. The van der Waals surface area contributed by atoms with E-state index >= 15 is 0 Å². The molecule has 0 radical (unpaired) electrons. The lowest BCUT2D eigenvalue weighted by atomic mass is 10.0. The minimum absolute atomic E-state index is 0.220. The minimum atomic E-state index is 0.220. The topological polar surface area (TPSA) is 46.3 Å². The van der Waals surface area contributed by atoms with Crippen LogP contribution in [-0.4, -0.2) is 19.0 Å². The Morgan fingerprint density at radius 1 is 1.32 bits per heavy atom. The van der Waals surface area contributed by atoms with Crippen LogP contribution in [0, 0.1) is 12.8 Å². The number of benzene rings is 1. The van der Waals surface area contributed by atoms with Crippen LogP contribution >= 0.6 is 0 Å². The second kappa shape index (κ2) is 6.71. The van der Waals surface area contributed by atoms with Gasteiger partial charge in [-0.05, 0) is 44.4 Å². The van der Waals surface area contributed by atoms with Gasteiger partial charge in [-0.3, -0.25) is 4.79 Å². The molecule has 0 bridgehead atoms. The molecule has 1 aromatic carbocycles. The summed E-state index contributed by atoms with van der Waals surface area (Å²) in [4.78, 5) is 14.6. The van der Waals surface area contributed by atoms with Crippen LogP contribution in [0.4, 0.5) is 5.69 Å². The highest BCUT2D eigenvalue weighted by Crippen LogP contribution is 2.29. The van der Waals surface area contributed by atoms with Crippen LogP contribution < -0.4 is 10.6 Å². The number of aryl methyl sites for hydroxylation is 1. The molecule has 3 nitrogen and oxygen atoms in total. The molecule has 1 amide bonds. The Labute approximate surface area is 115 Å². The summed E-state index contributed by atoms with van der Waals surface area (Å²) in [6, 6.07) is 8.12. The van der Waals surface area contributed by atoms with Gasteiger partial charge in [0, 0.05) is 18.2 Å². The zero-order valence-corrected chi connectivity index (χ0v) is 11.8. The molecule has 104 valence electrons. The summed E-state index contributed by atoms with van der Waals surface area (Å²) in [7, 11) is 0. The smallest absolute Gasteiger partial charge is 0.230 e. The van der Waals surface area contributed by atoms with Crippen molar-refractivity contribution in [3.8, 4) is 0 Å². The van der Waals surface area contributed by atoms with Crippen molar-refractivity contribution in [2.45, 2.75) is 39.0 Å². The fourth-order valence-corrected chi connectivity index (χ4v) is 2.86. The van der Waals surface area contributed by atoms with Gasteiger partial charge < -0.3 is 10.6 Å². The molecule has 19 heavy (non-hydrogen) atoms. The van der Waals surface area contributed by atoms with Crippen LogP contribution in [0.2, 0.25) is 0 Å². The summed E-state index contributed by atoms with van der Waals surface area (Å²) in [6.07, 6.45) is 5.32. The van der Waals surface area contributed by atoms with Gasteiger partial charge in [0.25, 0.3) is 0 Å². The van der Waals surface area contributed by atoms with Gasteiger partial charge in [-0.1, -0.05) is 31.0 Å². The Bertz CT molecular complexity index is 425. The first-order chi connectivity index (χ1) is 9.24. The van der Waals surface area contributed by atoms with Crippen molar-refractivity contribution < 1.29 is 4.79 Å². The average Bonchev–Trinajstić information content (AvgIpc) is 2.94. The molecule has 0 unspecified atom stereocenters. The van der Waals surface area contributed by atoms with Gasteiger partial charge in [-0.25, -0.2) is 0 Å². The summed E-state index contributed by atoms with van der Waals surface area (Å²) in [6.45, 7) is 3.42. The molecule has 0 atom stereocenters. The first kappa shape index (κ1) is 14.1. The number of carbonyl (C=O) groups is 1. The maximum absolute atomic E-state index is 12.7. The molecule has 1 fully saturated rings. The van der Waals surface area contributed by atoms with Crippen LogP contribution in [0.1, 0.15) is 37.7 Å². The zero-order valence-electron chi connectivity index (χ0n) is 11.8. The lowest BCUT2D eigenvalue weighted by Gasteiger charge is -2.27. The molecule has 2 rings (SSSR count). The van der Waals surface area contributed by atoms with E-state index in [1.165, 1.54) is 12.8 Å². The third kappa shape index (κ3) is 3.35. The van der Waals surface area contributed by atoms with Gasteiger partial charge in [0.15, 0.2) is 0 Å². The number of rotatable bonds is 5. The van der Waals surface area contributed by atoms with E-state index in [9.17, 15) is 4.79 Å². The largest absolute Gasteiger partial charge is 0.330 e. The summed E-state index contributed by atoms with van der Waals surface area (Å²) in [5.74, 6) is 0.512. The van der Waals surface area contributed by atoms with Crippen molar-refractivity contribution >= 4 is 11.6 Å². The van der Waals surface area contributed by atoms with E-state index in [0.717, 1.165) is 37.1 Å². The molecular formula is C16H24N2O. The molecule has 1 aliphatic carbocycles. The lowest BCUT2D eigenvalue weighted by Crippen LogP contribution is -2.37. The molecule has 3 heteroatoms. The van der Waals surface area contributed by atoms with Crippen LogP contribution in [0.3, 0.4) is 0 Å². The van der Waals surface area contributed by atoms with E-state index in [2.05, 4.69) is 13.0 Å². The van der Waals surface area contributed by atoms with Gasteiger partial charge in [-0.15, -0.1) is 0 Å². The van der Waals surface area contributed by atoms with E-state index in [-0.39, 0.29) is 5.92 Å². The Balaban J connectivity index is 2.19. The van der Waals surface area contributed by atoms with Gasteiger partial charge in [0.2, 0.25) is 5.91 Å². The molecule has 0 aliphatic heterocycles. The fourth-order valence-electron chi connectivity index (χ4n) is 2.86. The average molecular weight is 260 g/mol. The standard InChI is InChI=1S/C16H24N2O/c1-13-7-2-5-10-15(13)18(12-6-11-17)16(19)14-8-3-4-9-14/h2,5,7,10,14H,3-4,6,8-9,11-12,17H2,1H3. The van der Waals surface area contributed by atoms with Gasteiger partial charge in [-0.2, -0.15) is 0 Å². The Morgan fingerprint density at radius 3 is 2.63 bits per heavy atom. The number of para-hydroxylation sites is 1. The number of nitrogens with zero attached hydrogens (tertiary/aromatic N) is 1. The number of anilines is 1. The monoisotopic (exact) mass is 260 g/mol. The van der Waals surface area contributed by atoms with Crippen molar-refractivity contribution in [1.29, 1.82) is 0 Å². The molecule has 0 heterocycles. The molecule has 1 saturated carbocycles. The normalized spacial score (nSPS) is 15.7. The number of carbonyl (C=O) groups excluding carboxylic acids is 1. The lowest BCUT2D eigenvalue weighted by molar-refractivity contribution is -0.122. The zero-order chi connectivity index (χ0) is 13.7. The number of amides is 1. The van der Waals surface area contributed by atoms with Crippen molar-refractivity contribution in [2.24, 2.45) is 11.7 Å². The Kier molecular flexibility index (Phi) is 4.97. The molecular weight excluding hydrogens is 236 g/mol. The van der Waals surface area contributed by atoms with Gasteiger partial charge in [0.05, 0.1) is 0 Å². The minimum Gasteiger partial charge on any atom is -0.330 e. The Hall–Kier alpha value is -1.35. The van der Waals surface area contributed by atoms with Crippen LogP contribution in [0.25, 0.3) is 0 Å². The third-order valence-corrected chi connectivity index (χ3v) is 3.96. The first-order valence-electron chi connectivity index (χ1n) is 7.31. The quantitative estimate of drug-likeness (QED) is 0.885.